The quantitative estimate of drug-likeness (QED) is 0.680. The van der Waals surface area contributed by atoms with Gasteiger partial charge in [-0.05, 0) is 50.2 Å². The summed E-state index contributed by atoms with van der Waals surface area (Å²) in [4.78, 5) is 4.44. The van der Waals surface area contributed by atoms with E-state index >= 15 is 0 Å². The highest BCUT2D eigenvalue weighted by Gasteiger charge is 2.16. The van der Waals surface area contributed by atoms with Gasteiger partial charge in [-0.1, -0.05) is 24.3 Å². The fraction of sp³-hybridized carbons (Fsp3) is 0.273. The van der Waals surface area contributed by atoms with Crippen molar-refractivity contribution < 1.29 is 9.15 Å². The Morgan fingerprint density at radius 2 is 2.11 bits per heavy atom. The number of ether oxygens (including phenoxy) is 1. The van der Waals surface area contributed by atoms with Gasteiger partial charge in [0.2, 0.25) is 5.76 Å². The van der Waals surface area contributed by atoms with E-state index in [9.17, 15) is 5.26 Å². The van der Waals surface area contributed by atoms with E-state index in [0.717, 1.165) is 48.4 Å². The molecule has 0 bridgehead atoms. The van der Waals surface area contributed by atoms with Crippen molar-refractivity contribution in [2.75, 3.05) is 25.0 Å². The van der Waals surface area contributed by atoms with Gasteiger partial charge >= 0.3 is 0 Å². The maximum absolute atomic E-state index is 9.43. The lowest BCUT2D eigenvalue weighted by Gasteiger charge is -2.24. The Morgan fingerprint density at radius 3 is 2.89 bits per heavy atom. The number of nitriles is 1. The second-order valence-corrected chi connectivity index (χ2v) is 6.72. The summed E-state index contributed by atoms with van der Waals surface area (Å²) in [7, 11) is 0. The summed E-state index contributed by atoms with van der Waals surface area (Å²) in [6, 6.07) is 14.1. The summed E-state index contributed by atoms with van der Waals surface area (Å²) >= 11 is 0. The van der Waals surface area contributed by atoms with Crippen LogP contribution in [0.4, 0.5) is 5.82 Å². The smallest absolute Gasteiger partial charge is 0.212 e. The number of hydrogen-bond donors (Lipinski definition) is 2. The third-order valence-electron chi connectivity index (χ3n) is 4.78. The standard InChI is InChI=1S/C22H22N4O2/c23-14-20-18(7-4-12-27-17-5-2-1-3-6-17)19-13-22(25-15-21(19)28-20)26-16-8-10-24-11-9-16/h1-7,13,15-16,24H,8-12H2,(H,25,26)/b7-4+. The predicted molar refractivity (Wildman–Crippen MR) is 109 cm³/mol. The number of nitrogens with one attached hydrogen (secondary N) is 2. The van der Waals surface area contributed by atoms with Crippen molar-refractivity contribution in [3.8, 4) is 11.8 Å². The third-order valence-corrected chi connectivity index (χ3v) is 4.78. The van der Waals surface area contributed by atoms with Gasteiger partial charge < -0.3 is 19.8 Å². The largest absolute Gasteiger partial charge is 0.490 e. The number of aromatic nitrogens is 1. The fourth-order valence-electron chi connectivity index (χ4n) is 3.35. The van der Waals surface area contributed by atoms with Crippen LogP contribution >= 0.6 is 0 Å². The van der Waals surface area contributed by atoms with Crippen molar-refractivity contribution in [3.63, 3.8) is 0 Å². The molecule has 6 heteroatoms. The second-order valence-electron chi connectivity index (χ2n) is 6.72. The van der Waals surface area contributed by atoms with E-state index in [-0.39, 0.29) is 5.76 Å². The number of nitrogens with zero attached hydrogens (tertiary/aromatic N) is 2. The molecule has 3 heterocycles. The number of furan rings is 1. The molecule has 1 saturated heterocycles. The minimum absolute atomic E-state index is 0.284. The van der Waals surface area contributed by atoms with Gasteiger partial charge in [-0.2, -0.15) is 5.26 Å². The molecule has 0 radical (unpaired) electrons. The zero-order valence-electron chi connectivity index (χ0n) is 15.5. The number of piperidine rings is 1. The van der Waals surface area contributed by atoms with E-state index in [2.05, 4.69) is 21.7 Å². The van der Waals surface area contributed by atoms with Crippen molar-refractivity contribution in [3.05, 3.63) is 60.0 Å². The van der Waals surface area contributed by atoms with E-state index in [4.69, 9.17) is 9.15 Å². The van der Waals surface area contributed by atoms with Gasteiger partial charge in [-0.25, -0.2) is 4.98 Å². The van der Waals surface area contributed by atoms with E-state index < -0.39 is 0 Å². The number of benzene rings is 1. The molecule has 2 aromatic heterocycles. The van der Waals surface area contributed by atoms with E-state index in [1.165, 1.54) is 0 Å². The highest BCUT2D eigenvalue weighted by atomic mass is 16.5. The Bertz CT molecular complexity index is 999. The van der Waals surface area contributed by atoms with Crippen molar-refractivity contribution >= 4 is 22.9 Å². The van der Waals surface area contributed by atoms with Gasteiger partial charge in [-0.3, -0.25) is 0 Å². The summed E-state index contributed by atoms with van der Waals surface area (Å²) in [5.74, 6) is 1.90. The molecular formula is C22H22N4O2. The zero-order valence-corrected chi connectivity index (χ0v) is 15.5. The molecule has 3 aromatic rings. The first-order valence-corrected chi connectivity index (χ1v) is 9.48. The van der Waals surface area contributed by atoms with Crippen LogP contribution in [0.2, 0.25) is 0 Å². The Hall–Kier alpha value is -3.30. The molecule has 4 rings (SSSR count). The zero-order chi connectivity index (χ0) is 19.2. The number of para-hydroxylation sites is 1. The Kier molecular flexibility index (Phi) is 5.55. The summed E-state index contributed by atoms with van der Waals surface area (Å²) in [5, 5.41) is 17.2. The average Bonchev–Trinajstić information content (AvgIpc) is 3.10. The molecule has 142 valence electrons. The van der Waals surface area contributed by atoms with Gasteiger partial charge in [-0.15, -0.1) is 0 Å². The van der Waals surface area contributed by atoms with E-state index in [1.807, 2.05) is 48.6 Å². The average molecular weight is 374 g/mol. The van der Waals surface area contributed by atoms with Crippen LogP contribution in [0.25, 0.3) is 17.0 Å². The Balaban J connectivity index is 1.52. The topological polar surface area (TPSA) is 83.1 Å². The second kappa shape index (κ2) is 8.59. The summed E-state index contributed by atoms with van der Waals surface area (Å²) in [6.07, 6.45) is 7.58. The number of hydrogen-bond acceptors (Lipinski definition) is 6. The normalized spacial score (nSPS) is 15.0. The molecule has 0 spiro atoms. The van der Waals surface area contributed by atoms with Crippen LogP contribution in [-0.2, 0) is 0 Å². The van der Waals surface area contributed by atoms with Crippen LogP contribution in [0.5, 0.6) is 5.75 Å². The minimum Gasteiger partial charge on any atom is -0.490 e. The first-order valence-electron chi connectivity index (χ1n) is 9.48. The van der Waals surface area contributed by atoms with Crippen molar-refractivity contribution in [2.45, 2.75) is 18.9 Å². The molecule has 1 aromatic carbocycles. The maximum Gasteiger partial charge on any atom is 0.212 e. The molecule has 1 fully saturated rings. The molecule has 1 aliphatic rings. The molecule has 0 saturated carbocycles. The summed E-state index contributed by atoms with van der Waals surface area (Å²) < 4.78 is 11.3. The summed E-state index contributed by atoms with van der Waals surface area (Å²) in [5.41, 5.74) is 1.36. The van der Waals surface area contributed by atoms with Crippen molar-refractivity contribution in [1.82, 2.24) is 10.3 Å². The van der Waals surface area contributed by atoms with Crippen LogP contribution in [0, 0.1) is 11.3 Å². The lowest BCUT2D eigenvalue weighted by Crippen LogP contribution is -2.35. The van der Waals surface area contributed by atoms with Gasteiger partial charge in [0.1, 0.15) is 24.2 Å². The molecule has 28 heavy (non-hydrogen) atoms. The van der Waals surface area contributed by atoms with Gasteiger partial charge in [0.15, 0.2) is 5.58 Å². The Labute approximate surface area is 163 Å². The molecule has 0 aliphatic carbocycles. The summed E-state index contributed by atoms with van der Waals surface area (Å²) in [6.45, 7) is 2.44. The molecule has 6 nitrogen and oxygen atoms in total. The molecule has 0 atom stereocenters. The third kappa shape index (κ3) is 4.16. The minimum atomic E-state index is 0.284. The van der Waals surface area contributed by atoms with Crippen LogP contribution in [-0.4, -0.2) is 30.7 Å². The van der Waals surface area contributed by atoms with Gasteiger partial charge in [0, 0.05) is 17.0 Å². The van der Waals surface area contributed by atoms with E-state index in [0.29, 0.717) is 18.2 Å². The van der Waals surface area contributed by atoms with Gasteiger partial charge in [0.05, 0.1) is 6.20 Å². The number of pyridine rings is 1. The monoisotopic (exact) mass is 374 g/mol. The van der Waals surface area contributed by atoms with Crippen LogP contribution in [0.15, 0.2) is 53.1 Å². The predicted octanol–water partition coefficient (Wildman–Crippen LogP) is 3.96. The SMILES string of the molecule is N#Cc1oc2cnc(NC3CCNCC3)cc2c1/C=C/COc1ccccc1. The van der Waals surface area contributed by atoms with Gasteiger partial charge in [0.25, 0.3) is 0 Å². The maximum atomic E-state index is 9.43. The molecule has 0 unspecified atom stereocenters. The Morgan fingerprint density at radius 1 is 1.29 bits per heavy atom. The molecule has 0 amide bonds. The number of anilines is 1. The first-order chi connectivity index (χ1) is 13.8. The van der Waals surface area contributed by atoms with E-state index in [1.54, 1.807) is 6.20 Å². The molecular weight excluding hydrogens is 352 g/mol. The highest BCUT2D eigenvalue weighted by molar-refractivity contribution is 5.90. The van der Waals surface area contributed by atoms with Crippen LogP contribution < -0.4 is 15.4 Å². The first kappa shape index (κ1) is 18.1. The van der Waals surface area contributed by atoms with Crippen molar-refractivity contribution in [2.24, 2.45) is 0 Å². The lowest BCUT2D eigenvalue weighted by atomic mass is 10.1. The number of fused-ring (bicyclic) bond motifs is 1. The van der Waals surface area contributed by atoms with Crippen molar-refractivity contribution in [1.29, 1.82) is 5.26 Å². The lowest BCUT2D eigenvalue weighted by molar-refractivity contribution is 0.363. The molecule has 2 N–H and O–H groups in total. The number of rotatable bonds is 6. The fourth-order valence-corrected chi connectivity index (χ4v) is 3.35. The van der Waals surface area contributed by atoms with Crippen LogP contribution in [0.3, 0.4) is 0 Å². The highest BCUT2D eigenvalue weighted by Crippen LogP contribution is 2.28. The molecule has 1 aliphatic heterocycles. The van der Waals surface area contributed by atoms with Crippen LogP contribution in [0.1, 0.15) is 24.2 Å².